The van der Waals surface area contributed by atoms with E-state index in [-0.39, 0.29) is 0 Å². The van der Waals surface area contributed by atoms with Crippen LogP contribution in [-0.2, 0) is 4.74 Å². The van der Waals surface area contributed by atoms with E-state index in [0.717, 1.165) is 6.54 Å². The third-order valence-electron chi connectivity index (χ3n) is 3.61. The third kappa shape index (κ3) is 1.38. The Morgan fingerprint density at radius 3 is 2.80 bits per heavy atom. The SMILES string of the molecule is C=C(O/C(C)=N\N)N1CC2C(N)C(C)C21. The highest BCUT2D eigenvalue weighted by molar-refractivity contribution is 5.73. The molecule has 1 aliphatic carbocycles. The summed E-state index contributed by atoms with van der Waals surface area (Å²) in [7, 11) is 0. The maximum atomic E-state index is 5.96. The van der Waals surface area contributed by atoms with Crippen LogP contribution < -0.4 is 11.6 Å². The second-order valence-electron chi connectivity index (χ2n) is 4.39. The number of ether oxygens (including phenoxy) is 1. The molecular weight excluding hydrogens is 192 g/mol. The molecule has 5 nitrogen and oxygen atoms in total. The van der Waals surface area contributed by atoms with Gasteiger partial charge in [-0.15, -0.1) is 5.10 Å². The second kappa shape index (κ2) is 3.41. The maximum absolute atomic E-state index is 5.96. The molecule has 2 fully saturated rings. The van der Waals surface area contributed by atoms with Gasteiger partial charge in [-0.2, -0.15) is 0 Å². The van der Waals surface area contributed by atoms with Crippen LogP contribution in [0.25, 0.3) is 0 Å². The first-order valence-corrected chi connectivity index (χ1v) is 5.19. The van der Waals surface area contributed by atoms with Crippen LogP contribution in [-0.4, -0.2) is 29.4 Å². The minimum atomic E-state index is 0.336. The van der Waals surface area contributed by atoms with Gasteiger partial charge in [0.25, 0.3) is 0 Å². The van der Waals surface area contributed by atoms with E-state index >= 15 is 0 Å². The Hall–Kier alpha value is -1.23. The van der Waals surface area contributed by atoms with Gasteiger partial charge in [0, 0.05) is 31.5 Å². The van der Waals surface area contributed by atoms with Gasteiger partial charge in [0.1, 0.15) is 0 Å². The normalized spacial score (nSPS) is 38.9. The average Bonchev–Trinajstić information content (AvgIpc) is 2.16. The van der Waals surface area contributed by atoms with Crippen LogP contribution in [0.4, 0.5) is 0 Å². The molecule has 2 aliphatic rings. The number of hydrazone groups is 1. The van der Waals surface area contributed by atoms with Gasteiger partial charge in [-0.05, 0) is 12.5 Å². The summed E-state index contributed by atoms with van der Waals surface area (Å²) in [6, 6.07) is 0.835. The van der Waals surface area contributed by atoms with E-state index in [9.17, 15) is 0 Å². The molecule has 4 atom stereocenters. The van der Waals surface area contributed by atoms with E-state index in [4.69, 9.17) is 16.3 Å². The molecule has 0 radical (unpaired) electrons. The highest BCUT2D eigenvalue weighted by Gasteiger charge is 2.57. The van der Waals surface area contributed by atoms with Crippen LogP contribution in [0.5, 0.6) is 0 Å². The molecule has 2 rings (SSSR count). The quantitative estimate of drug-likeness (QED) is 0.222. The van der Waals surface area contributed by atoms with Crippen LogP contribution in [0.15, 0.2) is 17.6 Å². The molecule has 4 unspecified atom stereocenters. The fourth-order valence-electron chi connectivity index (χ4n) is 2.57. The molecule has 0 bridgehead atoms. The van der Waals surface area contributed by atoms with Crippen molar-refractivity contribution in [3.05, 3.63) is 12.5 Å². The summed E-state index contributed by atoms with van der Waals surface area (Å²) in [6.07, 6.45) is 0. The highest BCUT2D eigenvalue weighted by Crippen LogP contribution is 2.46. The van der Waals surface area contributed by atoms with Crippen LogP contribution in [0, 0.1) is 11.8 Å². The lowest BCUT2D eigenvalue weighted by atomic mass is 9.60. The first-order valence-electron chi connectivity index (χ1n) is 5.19. The maximum Gasteiger partial charge on any atom is 0.210 e. The van der Waals surface area contributed by atoms with Gasteiger partial charge in [0.15, 0.2) is 5.88 Å². The molecule has 1 heterocycles. The van der Waals surface area contributed by atoms with Gasteiger partial charge in [-0.25, -0.2) is 0 Å². The van der Waals surface area contributed by atoms with Crippen LogP contribution in [0.1, 0.15) is 13.8 Å². The molecule has 1 aliphatic heterocycles. The minimum Gasteiger partial charge on any atom is -0.426 e. The lowest BCUT2D eigenvalue weighted by Crippen LogP contribution is -2.75. The van der Waals surface area contributed by atoms with Gasteiger partial charge >= 0.3 is 0 Å². The number of nitrogens with zero attached hydrogens (tertiary/aromatic N) is 2. The summed E-state index contributed by atoms with van der Waals surface area (Å²) in [6.45, 7) is 8.68. The van der Waals surface area contributed by atoms with Crippen molar-refractivity contribution in [2.24, 2.45) is 28.5 Å². The molecule has 1 saturated heterocycles. The van der Waals surface area contributed by atoms with Gasteiger partial charge in [0.2, 0.25) is 5.90 Å². The zero-order valence-corrected chi connectivity index (χ0v) is 9.18. The van der Waals surface area contributed by atoms with Crippen molar-refractivity contribution in [1.82, 2.24) is 4.90 Å². The molecule has 0 aromatic heterocycles. The van der Waals surface area contributed by atoms with Crippen molar-refractivity contribution in [3.8, 4) is 0 Å². The van der Waals surface area contributed by atoms with Crippen molar-refractivity contribution in [2.75, 3.05) is 6.54 Å². The van der Waals surface area contributed by atoms with E-state index in [1.165, 1.54) is 0 Å². The van der Waals surface area contributed by atoms with Crippen molar-refractivity contribution < 1.29 is 4.74 Å². The van der Waals surface area contributed by atoms with Crippen molar-refractivity contribution in [2.45, 2.75) is 25.9 Å². The van der Waals surface area contributed by atoms with Crippen molar-refractivity contribution >= 4 is 5.90 Å². The summed E-state index contributed by atoms with van der Waals surface area (Å²) in [4.78, 5) is 2.13. The van der Waals surface area contributed by atoms with Gasteiger partial charge in [-0.3, -0.25) is 0 Å². The Labute approximate surface area is 89.7 Å². The lowest BCUT2D eigenvalue weighted by Gasteiger charge is -2.63. The molecular formula is C10H18N4O. The molecule has 0 amide bonds. The largest absolute Gasteiger partial charge is 0.426 e. The summed E-state index contributed by atoms with van der Waals surface area (Å²) in [5, 5.41) is 3.45. The molecule has 0 aromatic carbocycles. The Morgan fingerprint density at radius 2 is 2.27 bits per heavy atom. The third-order valence-corrected chi connectivity index (χ3v) is 3.61. The summed E-state index contributed by atoms with van der Waals surface area (Å²) in [5.74, 6) is 7.27. The number of hydrogen-bond acceptors (Lipinski definition) is 5. The minimum absolute atomic E-state index is 0.336. The van der Waals surface area contributed by atoms with Gasteiger partial charge < -0.3 is 21.2 Å². The number of rotatable bonds is 2. The number of nitrogens with two attached hydrogens (primary N) is 2. The molecule has 5 heteroatoms. The molecule has 0 aromatic rings. The van der Waals surface area contributed by atoms with Crippen LogP contribution in [0.3, 0.4) is 0 Å². The van der Waals surface area contributed by atoms with E-state index in [2.05, 4.69) is 23.5 Å². The van der Waals surface area contributed by atoms with Crippen molar-refractivity contribution in [1.29, 1.82) is 0 Å². The zero-order valence-electron chi connectivity index (χ0n) is 9.18. The highest BCUT2D eigenvalue weighted by atomic mass is 16.5. The lowest BCUT2D eigenvalue weighted by molar-refractivity contribution is -0.118. The first kappa shape index (κ1) is 10.3. The van der Waals surface area contributed by atoms with Gasteiger partial charge in [0.05, 0.1) is 0 Å². The van der Waals surface area contributed by atoms with Crippen LogP contribution in [0.2, 0.25) is 0 Å². The Kier molecular flexibility index (Phi) is 2.34. The van der Waals surface area contributed by atoms with E-state index in [0.29, 0.717) is 35.7 Å². The molecule has 4 N–H and O–H groups in total. The fourth-order valence-corrected chi connectivity index (χ4v) is 2.57. The number of hydrogen-bond donors (Lipinski definition) is 2. The predicted molar refractivity (Wildman–Crippen MR) is 58.6 cm³/mol. The monoisotopic (exact) mass is 210 g/mol. The standard InChI is InChI=1S/C10H18N4O/c1-5-9(11)8-4-14(10(5)8)7(3)15-6(2)13-12/h5,8-10H,3-4,11-12H2,1-2H3/b13-6-. The fraction of sp³-hybridized carbons (Fsp3) is 0.700. The number of fused-ring (bicyclic) bond motifs is 1. The Morgan fingerprint density at radius 1 is 1.60 bits per heavy atom. The van der Waals surface area contributed by atoms with E-state index in [1.54, 1.807) is 6.92 Å². The first-order chi connectivity index (χ1) is 7.06. The van der Waals surface area contributed by atoms with Crippen LogP contribution >= 0.6 is 0 Å². The zero-order chi connectivity index (χ0) is 11.2. The molecule has 1 saturated carbocycles. The Bertz CT molecular complexity index is 309. The summed E-state index contributed by atoms with van der Waals surface area (Å²) < 4.78 is 5.36. The topological polar surface area (TPSA) is 76.9 Å². The Balaban J connectivity index is 1.90. The number of likely N-dealkylation sites (tertiary alicyclic amines) is 1. The van der Waals surface area contributed by atoms with E-state index in [1.807, 2.05) is 0 Å². The van der Waals surface area contributed by atoms with Gasteiger partial charge in [-0.1, -0.05) is 6.92 Å². The number of piperidine rings is 1. The summed E-state index contributed by atoms with van der Waals surface area (Å²) in [5.41, 5.74) is 5.96. The summed E-state index contributed by atoms with van der Waals surface area (Å²) >= 11 is 0. The smallest absolute Gasteiger partial charge is 0.210 e. The molecule has 0 spiro atoms. The average molecular weight is 210 g/mol. The van der Waals surface area contributed by atoms with Crippen molar-refractivity contribution in [3.63, 3.8) is 0 Å². The van der Waals surface area contributed by atoms with E-state index < -0.39 is 0 Å². The molecule has 15 heavy (non-hydrogen) atoms. The second-order valence-corrected chi connectivity index (χ2v) is 4.39. The predicted octanol–water partition coefficient (Wildman–Crippen LogP) is 0.0437. The molecule has 84 valence electrons.